The van der Waals surface area contributed by atoms with Crippen LogP contribution in [0.3, 0.4) is 0 Å². The maximum atomic E-state index is 7.11. The molecule has 11 heteroatoms. The lowest BCUT2D eigenvalue weighted by Crippen LogP contribution is -2.14. The third-order valence-electron chi connectivity index (χ3n) is 11.0. The van der Waals surface area contributed by atoms with E-state index in [1.807, 2.05) is 23.5 Å². The molecule has 10 bridgehead atoms. The third kappa shape index (κ3) is 14.1. The van der Waals surface area contributed by atoms with Crippen LogP contribution in [0, 0.1) is 0 Å². The van der Waals surface area contributed by atoms with E-state index in [9.17, 15) is 0 Å². The zero-order chi connectivity index (χ0) is 47.2. The number of hydrogen-bond acceptors (Lipinski definition) is 11. The average molecular weight is 996 g/mol. The summed E-state index contributed by atoms with van der Waals surface area (Å²) in [6.07, 6.45) is 1.80. The van der Waals surface area contributed by atoms with Gasteiger partial charge in [0.15, 0.2) is 0 Å². The summed E-state index contributed by atoms with van der Waals surface area (Å²) in [5.41, 5.74) is 4.52. The molecule has 4 aromatic carbocycles. The van der Waals surface area contributed by atoms with Gasteiger partial charge in [0.25, 0.3) is 0 Å². The van der Waals surface area contributed by atoms with Gasteiger partial charge < -0.3 is 23.7 Å². The van der Waals surface area contributed by atoms with Crippen LogP contribution in [0.25, 0.3) is 0 Å². The lowest BCUT2D eigenvalue weighted by Gasteiger charge is -2.28. The van der Waals surface area contributed by atoms with Gasteiger partial charge in [-0.05, 0) is 105 Å². The molecule has 0 fully saturated rings. The standard InChI is InChI=1S/C54H74O5S6/c1-15-17-56-47-39-27-35(51(3,4)5)28-40(47)63-44-32-38(54(12,13)14)34-46-50(44)59-22-26-61-24-20-55-19-23-60-25-21-58-49-43(62-39)31-37(53(9,10)11)33-45(49)64-41-29-36(52(6,7)8)30-42(65-46)48(41)57-18-16-2/h27-34H,15-26H2,1-14H3. The van der Waals surface area contributed by atoms with Gasteiger partial charge >= 0.3 is 0 Å². The summed E-state index contributed by atoms with van der Waals surface area (Å²) in [5.74, 6) is 7.20. The fraction of sp³-hybridized carbons (Fsp3) is 0.556. The summed E-state index contributed by atoms with van der Waals surface area (Å²) in [7, 11) is 0. The molecule has 0 unspecified atom stereocenters. The topological polar surface area (TPSA) is 46.2 Å². The van der Waals surface area contributed by atoms with Crippen LogP contribution in [0.4, 0.5) is 0 Å². The van der Waals surface area contributed by atoms with Crippen LogP contribution < -0.4 is 18.9 Å². The molecule has 0 atom stereocenters. The van der Waals surface area contributed by atoms with Gasteiger partial charge in [-0.15, -0.1) is 0 Å². The molecule has 2 heterocycles. The Morgan fingerprint density at radius 3 is 0.923 bits per heavy atom. The normalized spacial score (nSPS) is 16.0. The minimum atomic E-state index is -0.129. The number of fused-ring (bicyclic) bond motifs is 2. The second-order valence-corrected chi connectivity index (χ2v) is 27.6. The molecular formula is C54H74O5S6. The molecule has 5 nitrogen and oxygen atoms in total. The van der Waals surface area contributed by atoms with Crippen LogP contribution in [-0.2, 0) is 26.4 Å². The molecule has 0 aliphatic carbocycles. The maximum absolute atomic E-state index is 7.11. The van der Waals surface area contributed by atoms with E-state index < -0.39 is 0 Å². The molecule has 0 N–H and O–H groups in total. The van der Waals surface area contributed by atoms with Crippen molar-refractivity contribution in [3.05, 3.63) is 70.8 Å². The molecule has 0 saturated heterocycles. The van der Waals surface area contributed by atoms with Gasteiger partial charge in [0.05, 0.1) is 78.8 Å². The minimum Gasteiger partial charge on any atom is -0.491 e. The predicted octanol–water partition coefficient (Wildman–Crippen LogP) is 16.6. The quantitative estimate of drug-likeness (QED) is 0.163. The SMILES string of the molecule is CCCOc1c2cc(C(C)(C)C)cc1Sc1cc(C(C)(C)C)cc3c1OCCSCCOCCSCCOc1c(cc(C(C)(C)C)cc1Sc1cc(C(C)(C)C)cc(c1OCCC)S3)S2. The lowest BCUT2D eigenvalue weighted by molar-refractivity contribution is 0.167. The number of rotatable bonds is 6. The first kappa shape index (κ1) is 52.5. The second-order valence-electron chi connectivity index (χ2n) is 20.8. The first-order chi connectivity index (χ1) is 30.7. The van der Waals surface area contributed by atoms with Crippen molar-refractivity contribution in [2.24, 2.45) is 0 Å². The molecule has 4 aromatic rings. The Morgan fingerprint density at radius 2 is 0.662 bits per heavy atom. The highest BCUT2D eigenvalue weighted by atomic mass is 32.2. The van der Waals surface area contributed by atoms with E-state index in [0.717, 1.165) is 111 Å². The smallest absolute Gasteiger partial charge is 0.147 e. The lowest BCUT2D eigenvalue weighted by atomic mass is 9.87. The monoisotopic (exact) mass is 994 g/mol. The second kappa shape index (κ2) is 22.7. The number of hydrogen-bond donors (Lipinski definition) is 0. The van der Waals surface area contributed by atoms with Gasteiger partial charge in [-0.2, -0.15) is 23.5 Å². The Kier molecular flexibility index (Phi) is 18.3. The van der Waals surface area contributed by atoms with E-state index in [4.69, 9.17) is 23.7 Å². The zero-order valence-corrected chi connectivity index (χ0v) is 46.5. The van der Waals surface area contributed by atoms with E-state index in [2.05, 4.69) is 145 Å². The molecule has 0 aromatic heterocycles. The van der Waals surface area contributed by atoms with Gasteiger partial charge in [-0.1, -0.05) is 144 Å². The van der Waals surface area contributed by atoms with Gasteiger partial charge in [-0.3, -0.25) is 0 Å². The highest BCUT2D eigenvalue weighted by Gasteiger charge is 2.30. The fourth-order valence-corrected chi connectivity index (χ4v) is 13.1. The summed E-state index contributed by atoms with van der Waals surface area (Å²) in [4.78, 5) is 8.69. The van der Waals surface area contributed by atoms with Gasteiger partial charge in [0.2, 0.25) is 0 Å². The number of benzene rings is 4. The molecule has 2 aliphatic rings. The highest BCUT2D eigenvalue weighted by Crippen LogP contribution is 2.56. The van der Waals surface area contributed by atoms with Crippen molar-refractivity contribution in [1.82, 2.24) is 0 Å². The number of ether oxygens (including phenoxy) is 5. The summed E-state index contributed by atoms with van der Waals surface area (Å²) in [6, 6.07) is 19.0. The fourth-order valence-electron chi connectivity index (χ4n) is 7.04. The molecule has 356 valence electrons. The Hall–Kier alpha value is -1.86. The molecular weight excluding hydrogens is 921 g/mol. The van der Waals surface area contributed by atoms with Crippen molar-refractivity contribution in [3.63, 3.8) is 0 Å². The van der Waals surface area contributed by atoms with Crippen molar-refractivity contribution in [2.45, 2.75) is 171 Å². The molecule has 0 spiro atoms. The summed E-state index contributed by atoms with van der Waals surface area (Å²) in [6.45, 7) is 35.9. The van der Waals surface area contributed by atoms with Crippen molar-refractivity contribution < 1.29 is 23.7 Å². The zero-order valence-electron chi connectivity index (χ0n) is 41.6. The molecule has 65 heavy (non-hydrogen) atoms. The van der Waals surface area contributed by atoms with E-state index in [1.165, 1.54) is 22.3 Å². The Balaban J connectivity index is 1.78. The molecule has 0 radical (unpaired) electrons. The Labute approximate surface area is 418 Å². The first-order valence-electron chi connectivity index (χ1n) is 23.4. The molecule has 0 saturated carbocycles. The molecule has 0 amide bonds. The van der Waals surface area contributed by atoms with Crippen molar-refractivity contribution in [1.29, 1.82) is 0 Å². The minimum absolute atomic E-state index is 0.124. The average Bonchev–Trinajstić information content (AvgIpc) is 3.20. The Bertz CT molecular complexity index is 1990. The van der Waals surface area contributed by atoms with Crippen LogP contribution in [-0.4, -0.2) is 62.7 Å². The van der Waals surface area contributed by atoms with Gasteiger partial charge in [-0.25, -0.2) is 0 Å². The molecule has 6 rings (SSSR count). The van der Waals surface area contributed by atoms with E-state index in [-0.39, 0.29) is 21.7 Å². The van der Waals surface area contributed by atoms with Gasteiger partial charge in [0, 0.05) is 23.0 Å². The summed E-state index contributed by atoms with van der Waals surface area (Å²) < 4.78 is 34.2. The Morgan fingerprint density at radius 1 is 0.400 bits per heavy atom. The van der Waals surface area contributed by atoms with E-state index in [1.54, 1.807) is 47.0 Å². The summed E-state index contributed by atoms with van der Waals surface area (Å²) >= 11 is 10.9. The predicted molar refractivity (Wildman–Crippen MR) is 285 cm³/mol. The van der Waals surface area contributed by atoms with Crippen molar-refractivity contribution in [3.8, 4) is 23.0 Å². The van der Waals surface area contributed by atoms with Crippen LogP contribution in [0.2, 0.25) is 0 Å². The first-order valence-corrected chi connectivity index (χ1v) is 28.9. The highest BCUT2D eigenvalue weighted by molar-refractivity contribution is 8.01. The summed E-state index contributed by atoms with van der Waals surface area (Å²) in [5, 5.41) is 0. The van der Waals surface area contributed by atoms with Crippen molar-refractivity contribution >= 4 is 70.6 Å². The van der Waals surface area contributed by atoms with E-state index in [0.29, 0.717) is 26.4 Å². The molecule has 2 aliphatic heterocycles. The van der Waals surface area contributed by atoms with Crippen LogP contribution in [0.15, 0.2) is 87.7 Å². The van der Waals surface area contributed by atoms with Crippen LogP contribution >= 0.6 is 70.6 Å². The third-order valence-corrected chi connectivity index (χ3v) is 17.0. The van der Waals surface area contributed by atoms with E-state index >= 15 is 0 Å². The maximum Gasteiger partial charge on any atom is 0.147 e. The van der Waals surface area contributed by atoms with Crippen LogP contribution in [0.1, 0.15) is 132 Å². The van der Waals surface area contributed by atoms with Gasteiger partial charge in [0.1, 0.15) is 23.0 Å². The van der Waals surface area contributed by atoms with Crippen molar-refractivity contribution in [2.75, 3.05) is 62.7 Å². The largest absolute Gasteiger partial charge is 0.491 e. The number of thioether (sulfide) groups is 2. The van der Waals surface area contributed by atoms with Crippen LogP contribution in [0.5, 0.6) is 23.0 Å².